The van der Waals surface area contributed by atoms with E-state index < -0.39 is 5.97 Å². The second-order valence-electron chi connectivity index (χ2n) is 5.31. The molecule has 0 aliphatic rings. The SMILES string of the molecule is C=c1[nH]n(-c2ccccc2)c(=O)/c1=C\Nc1ccccc1C(=O)OC. The lowest BCUT2D eigenvalue weighted by atomic mass is 10.2. The summed E-state index contributed by atoms with van der Waals surface area (Å²) in [5.74, 6) is -0.456. The molecule has 6 heteroatoms. The first kappa shape index (κ1) is 16.3. The third-order valence-corrected chi connectivity index (χ3v) is 3.72. The fourth-order valence-electron chi connectivity index (χ4n) is 2.45. The summed E-state index contributed by atoms with van der Waals surface area (Å²) in [5.41, 5.74) is 1.40. The Morgan fingerprint density at radius 1 is 1.16 bits per heavy atom. The summed E-state index contributed by atoms with van der Waals surface area (Å²) in [5, 5.41) is 6.78. The third-order valence-electron chi connectivity index (χ3n) is 3.72. The summed E-state index contributed by atoms with van der Waals surface area (Å²) in [4.78, 5) is 24.4. The molecule has 6 nitrogen and oxygen atoms in total. The summed E-state index contributed by atoms with van der Waals surface area (Å²) in [7, 11) is 1.32. The molecule has 2 aromatic carbocycles. The smallest absolute Gasteiger partial charge is 0.339 e. The van der Waals surface area contributed by atoms with Gasteiger partial charge in [-0.3, -0.25) is 9.89 Å². The molecule has 0 fully saturated rings. The monoisotopic (exact) mass is 335 g/mol. The van der Waals surface area contributed by atoms with E-state index in [2.05, 4.69) is 17.0 Å². The minimum Gasteiger partial charge on any atom is -0.465 e. The Morgan fingerprint density at radius 3 is 2.56 bits per heavy atom. The molecule has 0 amide bonds. The van der Waals surface area contributed by atoms with Crippen LogP contribution in [-0.2, 0) is 4.74 Å². The van der Waals surface area contributed by atoms with Crippen molar-refractivity contribution in [2.24, 2.45) is 0 Å². The van der Waals surface area contributed by atoms with Gasteiger partial charge in [0.2, 0.25) is 0 Å². The molecule has 0 aliphatic carbocycles. The highest BCUT2D eigenvalue weighted by Gasteiger charge is 2.10. The molecule has 0 saturated carbocycles. The molecule has 1 heterocycles. The lowest BCUT2D eigenvalue weighted by molar-refractivity contribution is 0.0602. The van der Waals surface area contributed by atoms with E-state index in [9.17, 15) is 9.59 Å². The number of nitrogens with zero attached hydrogens (tertiary/aromatic N) is 1. The zero-order valence-corrected chi connectivity index (χ0v) is 13.7. The normalized spacial score (nSPS) is 11.3. The first-order valence-electron chi connectivity index (χ1n) is 7.61. The van der Waals surface area contributed by atoms with E-state index in [4.69, 9.17) is 4.74 Å². The summed E-state index contributed by atoms with van der Waals surface area (Å²) in [6, 6.07) is 16.1. The van der Waals surface area contributed by atoms with Gasteiger partial charge in [0, 0.05) is 6.20 Å². The highest BCUT2D eigenvalue weighted by atomic mass is 16.5. The molecule has 0 bridgehead atoms. The van der Waals surface area contributed by atoms with Crippen LogP contribution in [0.4, 0.5) is 5.69 Å². The molecule has 0 aliphatic heterocycles. The number of aromatic nitrogens is 2. The number of H-pyrrole nitrogens is 1. The molecule has 2 N–H and O–H groups in total. The number of hydrogen-bond donors (Lipinski definition) is 2. The Bertz CT molecular complexity index is 1070. The average Bonchev–Trinajstić information content (AvgIpc) is 2.94. The molecular formula is C19H17N3O3. The van der Waals surface area contributed by atoms with Gasteiger partial charge in [-0.2, -0.15) is 0 Å². The summed E-state index contributed by atoms with van der Waals surface area (Å²) >= 11 is 0. The van der Waals surface area contributed by atoms with Gasteiger partial charge in [-0.05, 0) is 24.3 Å². The van der Waals surface area contributed by atoms with Gasteiger partial charge in [-0.15, -0.1) is 0 Å². The van der Waals surface area contributed by atoms with Gasteiger partial charge in [0.25, 0.3) is 5.56 Å². The fourth-order valence-corrected chi connectivity index (χ4v) is 2.45. The molecule has 0 saturated heterocycles. The second-order valence-corrected chi connectivity index (χ2v) is 5.31. The number of aromatic amines is 1. The Balaban J connectivity index is 2.02. The van der Waals surface area contributed by atoms with E-state index in [1.807, 2.05) is 30.3 Å². The molecular weight excluding hydrogens is 318 g/mol. The Morgan fingerprint density at radius 2 is 1.84 bits per heavy atom. The first-order valence-corrected chi connectivity index (χ1v) is 7.61. The number of para-hydroxylation sites is 2. The topological polar surface area (TPSA) is 76.1 Å². The number of carbonyl (C=O) groups excluding carboxylic acids is 1. The van der Waals surface area contributed by atoms with Crippen molar-refractivity contribution in [1.29, 1.82) is 0 Å². The highest BCUT2D eigenvalue weighted by Crippen LogP contribution is 2.15. The third kappa shape index (κ3) is 3.23. The predicted octanol–water partition coefficient (Wildman–Crippen LogP) is 1.21. The minimum atomic E-state index is -0.456. The average molecular weight is 335 g/mol. The van der Waals surface area contributed by atoms with E-state index in [1.165, 1.54) is 18.0 Å². The quantitative estimate of drug-likeness (QED) is 0.703. The van der Waals surface area contributed by atoms with Crippen molar-refractivity contribution in [3.63, 3.8) is 0 Å². The fraction of sp³-hybridized carbons (Fsp3) is 0.0526. The zero-order valence-electron chi connectivity index (χ0n) is 13.7. The molecule has 1 aromatic heterocycles. The molecule has 0 unspecified atom stereocenters. The molecule has 0 atom stereocenters. The van der Waals surface area contributed by atoms with Gasteiger partial charge in [-0.1, -0.05) is 36.9 Å². The van der Waals surface area contributed by atoms with Crippen LogP contribution >= 0.6 is 0 Å². The van der Waals surface area contributed by atoms with Crippen LogP contribution in [0.1, 0.15) is 10.4 Å². The molecule has 3 aromatic rings. The van der Waals surface area contributed by atoms with Gasteiger partial charge in [0.05, 0.1) is 34.6 Å². The number of nitrogens with one attached hydrogen (secondary N) is 2. The Labute approximate surface area is 143 Å². The van der Waals surface area contributed by atoms with Crippen molar-refractivity contribution in [2.45, 2.75) is 0 Å². The summed E-state index contributed by atoms with van der Waals surface area (Å²) in [6.45, 7) is 3.87. The van der Waals surface area contributed by atoms with E-state index >= 15 is 0 Å². The van der Waals surface area contributed by atoms with Gasteiger partial charge in [-0.25, -0.2) is 9.48 Å². The summed E-state index contributed by atoms with van der Waals surface area (Å²) < 4.78 is 6.18. The number of rotatable bonds is 4. The number of methoxy groups -OCH3 is 1. The van der Waals surface area contributed by atoms with Crippen molar-refractivity contribution >= 4 is 24.4 Å². The van der Waals surface area contributed by atoms with Crippen LogP contribution in [0, 0.1) is 0 Å². The largest absolute Gasteiger partial charge is 0.465 e. The molecule has 0 radical (unpaired) electrons. The van der Waals surface area contributed by atoms with Gasteiger partial charge in [0.15, 0.2) is 0 Å². The minimum absolute atomic E-state index is 0.237. The van der Waals surface area contributed by atoms with E-state index in [0.29, 0.717) is 27.5 Å². The van der Waals surface area contributed by atoms with Crippen LogP contribution in [0.5, 0.6) is 0 Å². The first-order chi connectivity index (χ1) is 12.1. The number of benzene rings is 2. The zero-order chi connectivity index (χ0) is 17.8. The Kier molecular flexibility index (Phi) is 4.52. The van der Waals surface area contributed by atoms with Crippen molar-refractivity contribution < 1.29 is 9.53 Å². The van der Waals surface area contributed by atoms with Crippen molar-refractivity contribution in [3.05, 3.63) is 81.1 Å². The predicted molar refractivity (Wildman–Crippen MR) is 97.0 cm³/mol. The van der Waals surface area contributed by atoms with Crippen molar-refractivity contribution in [3.8, 4) is 5.69 Å². The summed E-state index contributed by atoms with van der Waals surface area (Å²) in [6.07, 6.45) is 1.53. The van der Waals surface area contributed by atoms with E-state index in [-0.39, 0.29) is 5.56 Å². The van der Waals surface area contributed by atoms with Gasteiger partial charge >= 0.3 is 5.97 Å². The number of anilines is 1. The standard InChI is InChI=1S/C19H17N3O3/c1-13-16(18(23)22(21-13)14-8-4-3-5-9-14)12-20-17-11-7-6-10-15(17)19(24)25-2/h3-12,20-21H,1H2,2H3/b16-12-. The van der Waals surface area contributed by atoms with Crippen molar-refractivity contribution in [1.82, 2.24) is 9.78 Å². The van der Waals surface area contributed by atoms with E-state index in [1.54, 1.807) is 24.3 Å². The lowest BCUT2D eigenvalue weighted by Gasteiger charge is -2.06. The molecule has 0 spiro atoms. The molecule has 25 heavy (non-hydrogen) atoms. The van der Waals surface area contributed by atoms with Crippen molar-refractivity contribution in [2.75, 3.05) is 12.4 Å². The number of esters is 1. The van der Waals surface area contributed by atoms with Crippen LogP contribution in [0.2, 0.25) is 0 Å². The number of carbonyl (C=O) groups is 1. The maximum atomic E-state index is 12.6. The molecule has 126 valence electrons. The Hall–Kier alpha value is -3.54. The lowest BCUT2D eigenvalue weighted by Crippen LogP contribution is -2.34. The maximum Gasteiger partial charge on any atom is 0.339 e. The maximum absolute atomic E-state index is 12.6. The molecule has 3 rings (SSSR count). The van der Waals surface area contributed by atoms with Crippen LogP contribution < -0.4 is 21.4 Å². The van der Waals surface area contributed by atoms with Crippen LogP contribution in [-0.4, -0.2) is 22.9 Å². The number of hydrogen-bond acceptors (Lipinski definition) is 4. The highest BCUT2D eigenvalue weighted by molar-refractivity contribution is 5.96. The van der Waals surface area contributed by atoms with E-state index in [0.717, 1.165) is 0 Å². The van der Waals surface area contributed by atoms with Gasteiger partial charge in [0.1, 0.15) is 0 Å². The number of ether oxygens (including phenoxy) is 1. The second kappa shape index (κ2) is 6.92. The van der Waals surface area contributed by atoms with Gasteiger partial charge < -0.3 is 10.1 Å². The van der Waals surface area contributed by atoms with Crippen LogP contribution in [0.3, 0.4) is 0 Å². The van der Waals surface area contributed by atoms with Crippen LogP contribution in [0.25, 0.3) is 18.5 Å². The van der Waals surface area contributed by atoms with Crippen LogP contribution in [0.15, 0.2) is 59.4 Å².